The summed E-state index contributed by atoms with van der Waals surface area (Å²) in [6.45, 7) is 3.55. The minimum atomic E-state index is -1.08. The second kappa shape index (κ2) is 10.6. The highest BCUT2D eigenvalue weighted by Gasteiger charge is 2.34. The summed E-state index contributed by atoms with van der Waals surface area (Å²) in [5, 5.41) is 12.1. The first-order valence-corrected chi connectivity index (χ1v) is 9.73. The lowest BCUT2D eigenvalue weighted by atomic mass is 9.91. The van der Waals surface area contributed by atoms with Crippen LogP contribution in [0.1, 0.15) is 32.8 Å². The fraction of sp³-hybridized carbons (Fsp3) is 0.348. The second-order valence-corrected chi connectivity index (χ2v) is 7.38. The van der Waals surface area contributed by atoms with Crippen molar-refractivity contribution in [1.29, 1.82) is 0 Å². The molecule has 0 bridgehead atoms. The van der Waals surface area contributed by atoms with Gasteiger partial charge in [0, 0.05) is 32.4 Å². The SMILES string of the molecule is CC(=O)NC(CCc1ccc(-c2ccc(O)cc2F)cc1)(COC(C)=O)COC(C)=O. The van der Waals surface area contributed by atoms with Crippen LogP contribution >= 0.6 is 0 Å². The van der Waals surface area contributed by atoms with Crippen molar-refractivity contribution in [2.75, 3.05) is 13.2 Å². The third-order valence-corrected chi connectivity index (χ3v) is 4.65. The Balaban J connectivity index is 2.18. The largest absolute Gasteiger partial charge is 0.508 e. The number of benzene rings is 2. The topological polar surface area (TPSA) is 102 Å². The number of esters is 2. The molecule has 2 N–H and O–H groups in total. The normalized spacial score (nSPS) is 11.0. The quantitative estimate of drug-likeness (QED) is 0.592. The van der Waals surface area contributed by atoms with Gasteiger partial charge >= 0.3 is 11.9 Å². The standard InChI is InChI=1S/C23H26FNO6/c1-15(26)25-23(13-30-16(2)27,14-31-17(3)28)11-10-18-4-6-19(7-5-18)21-9-8-20(29)12-22(21)24/h4-9,12,29H,10-11,13-14H2,1-3H3,(H,25,26). The predicted molar refractivity (Wildman–Crippen MR) is 112 cm³/mol. The van der Waals surface area contributed by atoms with Crippen LogP contribution in [0.3, 0.4) is 0 Å². The van der Waals surface area contributed by atoms with E-state index < -0.39 is 23.3 Å². The van der Waals surface area contributed by atoms with Crippen LogP contribution in [0.15, 0.2) is 42.5 Å². The van der Waals surface area contributed by atoms with Gasteiger partial charge in [0.1, 0.15) is 30.3 Å². The number of halogens is 1. The zero-order valence-corrected chi connectivity index (χ0v) is 17.7. The van der Waals surface area contributed by atoms with Gasteiger partial charge in [-0.1, -0.05) is 24.3 Å². The molecule has 0 spiro atoms. The molecule has 0 atom stereocenters. The van der Waals surface area contributed by atoms with Gasteiger partial charge in [-0.05, 0) is 36.1 Å². The molecule has 0 saturated carbocycles. The Kier molecular flexibility index (Phi) is 8.13. The van der Waals surface area contributed by atoms with E-state index >= 15 is 0 Å². The molecule has 0 aliphatic heterocycles. The zero-order valence-electron chi connectivity index (χ0n) is 17.7. The molecule has 1 amide bonds. The summed E-state index contributed by atoms with van der Waals surface area (Å²) in [7, 11) is 0. The summed E-state index contributed by atoms with van der Waals surface area (Å²) in [6.07, 6.45) is 0.807. The molecular weight excluding hydrogens is 405 g/mol. The van der Waals surface area contributed by atoms with Crippen molar-refractivity contribution < 1.29 is 33.4 Å². The summed E-state index contributed by atoms with van der Waals surface area (Å²) in [5.74, 6) is -2.05. The molecule has 2 aromatic carbocycles. The predicted octanol–water partition coefficient (Wildman–Crippen LogP) is 3.13. The maximum Gasteiger partial charge on any atom is 0.302 e. The molecular formula is C23H26FNO6. The van der Waals surface area contributed by atoms with Gasteiger partial charge in [-0.3, -0.25) is 14.4 Å². The lowest BCUT2D eigenvalue weighted by Gasteiger charge is -2.33. The van der Waals surface area contributed by atoms with E-state index in [1.165, 1.54) is 32.9 Å². The Labute approximate surface area is 180 Å². The lowest BCUT2D eigenvalue weighted by molar-refractivity contribution is -0.150. The van der Waals surface area contributed by atoms with Gasteiger partial charge in [0.25, 0.3) is 0 Å². The third kappa shape index (κ3) is 7.40. The summed E-state index contributed by atoms with van der Waals surface area (Å²) in [5.41, 5.74) is 0.824. The fourth-order valence-corrected chi connectivity index (χ4v) is 3.15. The van der Waals surface area contributed by atoms with Gasteiger partial charge < -0.3 is 19.9 Å². The number of phenols is 1. The average Bonchev–Trinajstić information content (AvgIpc) is 2.69. The van der Waals surface area contributed by atoms with E-state index in [9.17, 15) is 23.9 Å². The van der Waals surface area contributed by atoms with Gasteiger partial charge in [0.05, 0.1) is 0 Å². The molecule has 0 radical (unpaired) electrons. The van der Waals surface area contributed by atoms with Crippen molar-refractivity contribution in [1.82, 2.24) is 5.32 Å². The Bertz CT molecular complexity index is 924. The molecule has 2 rings (SSSR count). The van der Waals surface area contributed by atoms with Crippen LogP contribution in [0.4, 0.5) is 4.39 Å². The monoisotopic (exact) mass is 431 g/mol. The molecule has 7 nitrogen and oxygen atoms in total. The van der Waals surface area contributed by atoms with E-state index in [1.807, 2.05) is 12.1 Å². The maximum atomic E-state index is 14.1. The van der Waals surface area contributed by atoms with Gasteiger partial charge in [0.2, 0.25) is 5.91 Å². The molecule has 0 aromatic heterocycles. The van der Waals surface area contributed by atoms with Crippen LogP contribution in [-0.4, -0.2) is 41.7 Å². The number of hydrogen-bond acceptors (Lipinski definition) is 6. The Hall–Kier alpha value is -3.42. The molecule has 166 valence electrons. The van der Waals surface area contributed by atoms with Gasteiger partial charge in [-0.2, -0.15) is 0 Å². The number of phenolic OH excluding ortho intramolecular Hbond substituents is 1. The van der Waals surface area contributed by atoms with Crippen molar-refractivity contribution in [3.8, 4) is 16.9 Å². The number of aryl methyl sites for hydroxylation is 1. The molecule has 2 aromatic rings. The third-order valence-electron chi connectivity index (χ3n) is 4.65. The number of amides is 1. The van der Waals surface area contributed by atoms with E-state index in [0.29, 0.717) is 24.0 Å². The fourth-order valence-electron chi connectivity index (χ4n) is 3.15. The molecule has 0 unspecified atom stereocenters. The van der Waals surface area contributed by atoms with Gasteiger partial charge in [0.15, 0.2) is 0 Å². The van der Waals surface area contributed by atoms with Crippen LogP contribution in [0.2, 0.25) is 0 Å². The smallest absolute Gasteiger partial charge is 0.302 e. The summed E-state index contributed by atoms with van der Waals surface area (Å²) in [6, 6.07) is 11.1. The van der Waals surface area contributed by atoms with Crippen molar-refractivity contribution >= 4 is 17.8 Å². The Morgan fingerprint density at radius 2 is 1.55 bits per heavy atom. The Morgan fingerprint density at radius 1 is 0.968 bits per heavy atom. The first-order chi connectivity index (χ1) is 14.6. The average molecular weight is 431 g/mol. The summed E-state index contributed by atoms with van der Waals surface area (Å²) < 4.78 is 24.3. The van der Waals surface area contributed by atoms with Gasteiger partial charge in [-0.15, -0.1) is 0 Å². The first kappa shape index (κ1) is 23.9. The molecule has 0 aliphatic carbocycles. The van der Waals surface area contributed by atoms with Gasteiger partial charge in [-0.25, -0.2) is 4.39 Å². The molecule has 0 fully saturated rings. The first-order valence-electron chi connectivity index (χ1n) is 9.73. The molecule has 0 heterocycles. The molecule has 0 aliphatic rings. The number of hydrogen-bond donors (Lipinski definition) is 2. The van der Waals surface area contributed by atoms with Crippen LogP contribution < -0.4 is 5.32 Å². The van der Waals surface area contributed by atoms with Crippen LogP contribution in [-0.2, 0) is 30.3 Å². The van der Waals surface area contributed by atoms with E-state index in [2.05, 4.69) is 5.32 Å². The van der Waals surface area contributed by atoms with Crippen LogP contribution in [0.25, 0.3) is 11.1 Å². The van der Waals surface area contributed by atoms with E-state index in [-0.39, 0.29) is 24.9 Å². The summed E-state index contributed by atoms with van der Waals surface area (Å²) >= 11 is 0. The highest BCUT2D eigenvalue weighted by molar-refractivity contribution is 5.74. The number of carbonyl (C=O) groups is 3. The minimum absolute atomic E-state index is 0.146. The van der Waals surface area contributed by atoms with Crippen molar-refractivity contribution in [3.63, 3.8) is 0 Å². The minimum Gasteiger partial charge on any atom is -0.508 e. The number of rotatable bonds is 9. The molecule has 8 heteroatoms. The number of ether oxygens (including phenoxy) is 2. The van der Waals surface area contributed by atoms with Crippen LogP contribution in [0.5, 0.6) is 5.75 Å². The number of nitrogens with one attached hydrogen (secondary N) is 1. The van der Waals surface area contributed by atoms with Crippen molar-refractivity contribution in [3.05, 3.63) is 53.8 Å². The Morgan fingerprint density at radius 3 is 2.03 bits per heavy atom. The number of carbonyl (C=O) groups excluding carboxylic acids is 3. The van der Waals surface area contributed by atoms with Crippen molar-refractivity contribution in [2.45, 2.75) is 39.2 Å². The highest BCUT2D eigenvalue weighted by atomic mass is 19.1. The summed E-state index contributed by atoms with van der Waals surface area (Å²) in [4.78, 5) is 34.4. The highest BCUT2D eigenvalue weighted by Crippen LogP contribution is 2.26. The van der Waals surface area contributed by atoms with E-state index in [1.54, 1.807) is 12.1 Å². The second-order valence-electron chi connectivity index (χ2n) is 7.38. The van der Waals surface area contributed by atoms with Crippen LogP contribution in [0, 0.1) is 5.82 Å². The van der Waals surface area contributed by atoms with Crippen molar-refractivity contribution in [2.24, 2.45) is 0 Å². The molecule has 0 saturated heterocycles. The van der Waals surface area contributed by atoms with E-state index in [4.69, 9.17) is 9.47 Å². The lowest BCUT2D eigenvalue weighted by Crippen LogP contribution is -2.55. The maximum absolute atomic E-state index is 14.1. The van der Waals surface area contributed by atoms with E-state index in [0.717, 1.165) is 11.6 Å². The number of aromatic hydroxyl groups is 1. The zero-order chi connectivity index (χ0) is 23.0. The molecule has 31 heavy (non-hydrogen) atoms.